The molecule has 1 saturated carbocycles. The number of benzene rings is 1. The molecule has 1 aromatic carbocycles. The predicted molar refractivity (Wildman–Crippen MR) is 117 cm³/mol. The first kappa shape index (κ1) is 20.1. The molecule has 1 amide bonds. The quantitative estimate of drug-likeness (QED) is 0.590. The predicted octanol–water partition coefficient (Wildman–Crippen LogP) is 4.30. The van der Waals surface area contributed by atoms with Gasteiger partial charge in [0.25, 0.3) is 0 Å². The van der Waals surface area contributed by atoms with Gasteiger partial charge in [0.1, 0.15) is 6.10 Å². The first-order valence-corrected chi connectivity index (χ1v) is 11.6. The fraction of sp³-hybridized carbons (Fsp3) is 0.429. The van der Waals surface area contributed by atoms with Gasteiger partial charge in [0, 0.05) is 17.4 Å². The number of carbonyl (C=O) groups is 1. The average molecular weight is 429 g/mol. The maximum Gasteiger partial charge on any atom is 0.317 e. The summed E-state index contributed by atoms with van der Waals surface area (Å²) in [7, 11) is 0. The van der Waals surface area contributed by atoms with E-state index in [0.29, 0.717) is 11.8 Å². The minimum absolute atomic E-state index is 0.0660. The zero-order valence-electron chi connectivity index (χ0n) is 16.6. The SMILES string of the molecule is Cc1cc(C)nc(OC2CCC(NC(=O)CSc3nc4ccccc4s3)CC2)n1. The summed E-state index contributed by atoms with van der Waals surface area (Å²) in [5.41, 5.74) is 2.82. The maximum atomic E-state index is 12.3. The number of fused-ring (bicyclic) bond motifs is 1. The lowest BCUT2D eigenvalue weighted by atomic mass is 9.93. The average Bonchev–Trinajstić information content (AvgIpc) is 3.10. The second kappa shape index (κ2) is 9.09. The number of carbonyl (C=O) groups excluding carboxylic acids is 1. The van der Waals surface area contributed by atoms with Crippen molar-refractivity contribution in [3.63, 3.8) is 0 Å². The third-order valence-corrected chi connectivity index (χ3v) is 7.05. The van der Waals surface area contributed by atoms with Gasteiger partial charge in [-0.15, -0.1) is 11.3 Å². The molecule has 3 aromatic rings. The summed E-state index contributed by atoms with van der Waals surface area (Å²) >= 11 is 3.13. The lowest BCUT2D eigenvalue weighted by Crippen LogP contribution is -2.40. The van der Waals surface area contributed by atoms with Gasteiger partial charge in [0.05, 0.1) is 16.0 Å². The van der Waals surface area contributed by atoms with E-state index in [1.807, 2.05) is 38.1 Å². The molecule has 6 nitrogen and oxygen atoms in total. The molecule has 1 aliphatic carbocycles. The molecule has 0 radical (unpaired) electrons. The Morgan fingerprint density at radius 3 is 2.59 bits per heavy atom. The van der Waals surface area contributed by atoms with Crippen molar-refractivity contribution in [2.24, 2.45) is 0 Å². The van der Waals surface area contributed by atoms with E-state index >= 15 is 0 Å². The van der Waals surface area contributed by atoms with E-state index in [4.69, 9.17) is 4.74 Å². The van der Waals surface area contributed by atoms with Crippen molar-refractivity contribution in [3.05, 3.63) is 41.7 Å². The molecule has 1 N–H and O–H groups in total. The van der Waals surface area contributed by atoms with Gasteiger partial charge in [-0.1, -0.05) is 23.9 Å². The van der Waals surface area contributed by atoms with Crippen molar-refractivity contribution in [3.8, 4) is 6.01 Å². The van der Waals surface area contributed by atoms with Crippen LogP contribution < -0.4 is 10.1 Å². The highest BCUT2D eigenvalue weighted by molar-refractivity contribution is 8.01. The summed E-state index contributed by atoms with van der Waals surface area (Å²) in [5, 5.41) is 3.16. The molecule has 0 unspecified atom stereocenters. The van der Waals surface area contributed by atoms with Crippen LogP contribution in [0.2, 0.25) is 0 Å². The Morgan fingerprint density at radius 2 is 1.86 bits per heavy atom. The van der Waals surface area contributed by atoms with Crippen molar-refractivity contribution in [2.45, 2.75) is 56.0 Å². The molecule has 1 aliphatic rings. The van der Waals surface area contributed by atoms with E-state index in [-0.39, 0.29) is 18.1 Å². The summed E-state index contributed by atoms with van der Waals surface area (Å²) in [6, 6.07) is 10.6. The van der Waals surface area contributed by atoms with Crippen molar-refractivity contribution >= 4 is 39.2 Å². The topological polar surface area (TPSA) is 77.0 Å². The van der Waals surface area contributed by atoms with Crippen LogP contribution in [0.4, 0.5) is 0 Å². The lowest BCUT2D eigenvalue weighted by molar-refractivity contribution is -0.119. The number of thioether (sulfide) groups is 1. The van der Waals surface area contributed by atoms with Crippen LogP contribution in [0.3, 0.4) is 0 Å². The highest BCUT2D eigenvalue weighted by Crippen LogP contribution is 2.29. The van der Waals surface area contributed by atoms with E-state index < -0.39 is 0 Å². The highest BCUT2D eigenvalue weighted by atomic mass is 32.2. The fourth-order valence-corrected chi connectivity index (χ4v) is 5.41. The van der Waals surface area contributed by atoms with Gasteiger partial charge in [-0.3, -0.25) is 4.79 Å². The standard InChI is InChI=1S/C21H24N4O2S2/c1-13-11-14(2)23-20(22-13)27-16-9-7-15(8-10-16)24-19(26)12-28-21-25-17-5-3-4-6-18(17)29-21/h3-6,11,15-16H,7-10,12H2,1-2H3,(H,24,26). The number of thiazole rings is 1. The van der Waals surface area contributed by atoms with Gasteiger partial charge < -0.3 is 10.1 Å². The molecular formula is C21H24N4O2S2. The number of para-hydroxylation sites is 1. The monoisotopic (exact) mass is 428 g/mol. The minimum atomic E-state index is 0.0660. The van der Waals surface area contributed by atoms with Crippen molar-refractivity contribution in [1.29, 1.82) is 0 Å². The first-order valence-electron chi connectivity index (χ1n) is 9.82. The Bertz CT molecular complexity index is 946. The van der Waals surface area contributed by atoms with E-state index in [0.717, 1.165) is 51.6 Å². The molecule has 152 valence electrons. The molecule has 0 bridgehead atoms. The number of hydrogen-bond acceptors (Lipinski definition) is 7. The normalized spacial score (nSPS) is 19.2. The molecule has 0 atom stereocenters. The smallest absolute Gasteiger partial charge is 0.317 e. The Hall–Kier alpha value is -2.19. The summed E-state index contributed by atoms with van der Waals surface area (Å²) in [5.74, 6) is 0.461. The fourth-order valence-electron chi connectivity index (χ4n) is 3.53. The Morgan fingerprint density at radius 1 is 1.14 bits per heavy atom. The second-order valence-electron chi connectivity index (χ2n) is 7.33. The van der Waals surface area contributed by atoms with Gasteiger partial charge in [0.2, 0.25) is 5.91 Å². The van der Waals surface area contributed by atoms with Gasteiger partial charge in [-0.2, -0.15) is 0 Å². The number of aromatic nitrogens is 3. The van der Waals surface area contributed by atoms with Crippen molar-refractivity contribution in [1.82, 2.24) is 20.3 Å². The Labute approximate surface area is 178 Å². The van der Waals surface area contributed by atoms with Gasteiger partial charge in [0.15, 0.2) is 4.34 Å². The van der Waals surface area contributed by atoms with Gasteiger partial charge in [-0.25, -0.2) is 15.0 Å². The van der Waals surface area contributed by atoms with Gasteiger partial charge >= 0.3 is 6.01 Å². The largest absolute Gasteiger partial charge is 0.460 e. The van der Waals surface area contributed by atoms with E-state index in [1.165, 1.54) is 11.8 Å². The summed E-state index contributed by atoms with van der Waals surface area (Å²) < 4.78 is 8.05. The molecular weight excluding hydrogens is 404 g/mol. The molecule has 8 heteroatoms. The van der Waals surface area contributed by atoms with Crippen LogP contribution in [-0.4, -0.2) is 38.8 Å². The van der Waals surface area contributed by atoms with Crippen LogP contribution in [0.1, 0.15) is 37.1 Å². The molecule has 1 fully saturated rings. The van der Waals surface area contributed by atoms with E-state index in [2.05, 4.69) is 26.3 Å². The maximum absolute atomic E-state index is 12.3. The van der Waals surface area contributed by atoms with Crippen LogP contribution in [0, 0.1) is 13.8 Å². The number of nitrogens with zero attached hydrogens (tertiary/aromatic N) is 3. The summed E-state index contributed by atoms with van der Waals surface area (Å²) in [4.78, 5) is 25.6. The van der Waals surface area contributed by atoms with Crippen LogP contribution in [0.15, 0.2) is 34.7 Å². The van der Waals surface area contributed by atoms with E-state index in [9.17, 15) is 4.79 Å². The molecule has 0 aliphatic heterocycles. The molecule has 0 spiro atoms. The van der Waals surface area contributed by atoms with Gasteiger partial charge in [-0.05, 0) is 57.7 Å². The Kier molecular flexibility index (Phi) is 6.30. The molecule has 4 rings (SSSR count). The zero-order chi connectivity index (χ0) is 20.2. The number of rotatable bonds is 6. The minimum Gasteiger partial charge on any atom is -0.460 e. The number of amides is 1. The Balaban J connectivity index is 1.21. The third kappa shape index (κ3) is 5.45. The van der Waals surface area contributed by atoms with Crippen LogP contribution in [0.5, 0.6) is 6.01 Å². The zero-order valence-corrected chi connectivity index (χ0v) is 18.2. The molecule has 29 heavy (non-hydrogen) atoms. The third-order valence-electron chi connectivity index (χ3n) is 4.87. The molecule has 2 heterocycles. The molecule has 2 aromatic heterocycles. The highest BCUT2D eigenvalue weighted by Gasteiger charge is 2.24. The lowest BCUT2D eigenvalue weighted by Gasteiger charge is -2.28. The summed E-state index contributed by atoms with van der Waals surface area (Å²) in [6.07, 6.45) is 3.72. The van der Waals surface area contributed by atoms with Crippen LogP contribution in [-0.2, 0) is 4.79 Å². The van der Waals surface area contributed by atoms with Crippen LogP contribution in [0.25, 0.3) is 10.2 Å². The van der Waals surface area contributed by atoms with E-state index in [1.54, 1.807) is 11.3 Å². The van der Waals surface area contributed by atoms with Crippen molar-refractivity contribution < 1.29 is 9.53 Å². The van der Waals surface area contributed by atoms with Crippen LogP contribution >= 0.6 is 23.1 Å². The number of nitrogens with one attached hydrogen (secondary N) is 1. The number of hydrogen-bond donors (Lipinski definition) is 1. The summed E-state index contributed by atoms with van der Waals surface area (Å²) in [6.45, 7) is 3.89. The number of aryl methyl sites for hydroxylation is 2. The number of ether oxygens (including phenoxy) is 1. The molecule has 0 saturated heterocycles. The first-order chi connectivity index (χ1) is 14.0. The van der Waals surface area contributed by atoms with Crippen molar-refractivity contribution in [2.75, 3.05) is 5.75 Å². The second-order valence-corrected chi connectivity index (χ2v) is 9.58.